The van der Waals surface area contributed by atoms with E-state index in [1.165, 1.54) is 18.2 Å². The molecule has 2 rings (SSSR count). The number of benzene rings is 1. The van der Waals surface area contributed by atoms with Crippen LogP contribution in [0.5, 0.6) is 0 Å². The van der Waals surface area contributed by atoms with Gasteiger partial charge in [-0.2, -0.15) is 0 Å². The van der Waals surface area contributed by atoms with Gasteiger partial charge in [0.2, 0.25) is 0 Å². The lowest BCUT2D eigenvalue weighted by Gasteiger charge is -2.32. The van der Waals surface area contributed by atoms with Gasteiger partial charge in [0.15, 0.2) is 0 Å². The van der Waals surface area contributed by atoms with Crippen LogP contribution in [0.2, 0.25) is 0 Å². The first-order chi connectivity index (χ1) is 8.58. The van der Waals surface area contributed by atoms with Gasteiger partial charge < -0.3 is 10.2 Å². The quantitative estimate of drug-likeness (QED) is 0.829. The first-order valence-electron chi connectivity index (χ1n) is 6.53. The summed E-state index contributed by atoms with van der Waals surface area (Å²) >= 11 is 0. The summed E-state index contributed by atoms with van der Waals surface area (Å²) in [6.07, 6.45) is 1.77. The molecule has 0 radical (unpaired) electrons. The molecule has 1 heterocycles. The van der Waals surface area contributed by atoms with Crippen molar-refractivity contribution in [2.75, 3.05) is 18.0 Å². The topological polar surface area (TPSA) is 15.3 Å². The molecule has 0 spiro atoms. The maximum Gasteiger partial charge on any atom is 0.149 e. The average Bonchev–Trinajstić information content (AvgIpc) is 2.29. The lowest BCUT2D eigenvalue weighted by Crippen LogP contribution is -2.43. The molecule has 1 aliphatic rings. The molecule has 0 saturated carbocycles. The van der Waals surface area contributed by atoms with Crippen LogP contribution >= 0.6 is 0 Å². The third-order valence-corrected chi connectivity index (χ3v) is 3.49. The fourth-order valence-electron chi connectivity index (χ4n) is 2.48. The number of rotatable bonds is 1. The van der Waals surface area contributed by atoms with E-state index in [-0.39, 0.29) is 5.69 Å². The van der Waals surface area contributed by atoms with E-state index >= 15 is 0 Å². The summed E-state index contributed by atoms with van der Waals surface area (Å²) < 4.78 is 27.5. The van der Waals surface area contributed by atoms with E-state index < -0.39 is 11.6 Å². The van der Waals surface area contributed by atoms with Crippen LogP contribution < -0.4 is 10.2 Å². The highest BCUT2D eigenvalue weighted by Gasteiger charge is 2.20. The molecule has 0 bridgehead atoms. The lowest BCUT2D eigenvalue weighted by atomic mass is 10.1. The van der Waals surface area contributed by atoms with Crippen molar-refractivity contribution in [1.29, 1.82) is 0 Å². The van der Waals surface area contributed by atoms with E-state index in [2.05, 4.69) is 19.2 Å². The van der Waals surface area contributed by atoms with Crippen molar-refractivity contribution in [2.45, 2.75) is 38.8 Å². The molecule has 1 aromatic carbocycles. The number of nitrogens with zero attached hydrogens (tertiary/aromatic N) is 1. The van der Waals surface area contributed by atoms with E-state index in [4.69, 9.17) is 0 Å². The zero-order valence-electron chi connectivity index (χ0n) is 10.9. The molecule has 1 aromatic rings. The van der Waals surface area contributed by atoms with Gasteiger partial charge in [-0.3, -0.25) is 0 Å². The molecule has 0 aliphatic carbocycles. The van der Waals surface area contributed by atoms with Crippen molar-refractivity contribution in [3.8, 4) is 0 Å². The van der Waals surface area contributed by atoms with Gasteiger partial charge in [0.1, 0.15) is 17.3 Å². The SMILES string of the molecule is CC1CCN(c2c(F)cccc2F)CCC(C)N1. The fourth-order valence-corrected chi connectivity index (χ4v) is 2.48. The Morgan fingerprint density at radius 3 is 2.06 bits per heavy atom. The van der Waals surface area contributed by atoms with Crippen molar-refractivity contribution in [3.63, 3.8) is 0 Å². The molecule has 1 fully saturated rings. The number of anilines is 1. The average molecular weight is 254 g/mol. The number of halogens is 2. The van der Waals surface area contributed by atoms with Crippen molar-refractivity contribution in [3.05, 3.63) is 29.8 Å². The minimum absolute atomic E-state index is 0.124. The van der Waals surface area contributed by atoms with Crippen LogP contribution in [0.3, 0.4) is 0 Å². The van der Waals surface area contributed by atoms with Crippen LogP contribution in [-0.2, 0) is 0 Å². The molecule has 0 amide bonds. The zero-order chi connectivity index (χ0) is 13.1. The van der Waals surface area contributed by atoms with Crippen LogP contribution in [0.25, 0.3) is 0 Å². The Kier molecular flexibility index (Phi) is 4.17. The van der Waals surface area contributed by atoms with Crippen molar-refractivity contribution in [2.24, 2.45) is 0 Å². The summed E-state index contributed by atoms with van der Waals surface area (Å²) in [5, 5.41) is 3.47. The highest BCUT2D eigenvalue weighted by atomic mass is 19.1. The summed E-state index contributed by atoms with van der Waals surface area (Å²) in [5.74, 6) is -0.937. The Morgan fingerprint density at radius 1 is 1.06 bits per heavy atom. The molecule has 1 aliphatic heterocycles. The zero-order valence-corrected chi connectivity index (χ0v) is 10.9. The number of nitrogens with one attached hydrogen (secondary N) is 1. The van der Waals surface area contributed by atoms with Gasteiger partial charge in [-0.1, -0.05) is 6.07 Å². The molecular weight excluding hydrogens is 234 g/mol. The third-order valence-electron chi connectivity index (χ3n) is 3.49. The second kappa shape index (κ2) is 5.65. The minimum Gasteiger partial charge on any atom is -0.367 e. The van der Waals surface area contributed by atoms with E-state index in [0.717, 1.165) is 12.8 Å². The van der Waals surface area contributed by atoms with Gasteiger partial charge in [-0.05, 0) is 38.8 Å². The second-order valence-corrected chi connectivity index (χ2v) is 5.10. The molecule has 1 saturated heterocycles. The number of para-hydroxylation sites is 1. The predicted molar refractivity (Wildman–Crippen MR) is 69.9 cm³/mol. The highest BCUT2D eigenvalue weighted by molar-refractivity contribution is 5.49. The van der Waals surface area contributed by atoms with Crippen LogP contribution in [-0.4, -0.2) is 25.2 Å². The molecule has 2 atom stereocenters. The standard InChI is InChI=1S/C14H20F2N2/c1-10-6-8-18(9-7-11(2)17-10)14-12(15)4-3-5-13(14)16/h3-5,10-11,17H,6-9H2,1-2H3. The van der Waals surface area contributed by atoms with E-state index in [0.29, 0.717) is 25.2 Å². The Hall–Kier alpha value is -1.16. The largest absolute Gasteiger partial charge is 0.367 e. The summed E-state index contributed by atoms with van der Waals surface area (Å²) in [5.41, 5.74) is 0.124. The predicted octanol–water partition coefficient (Wildman–Crippen LogP) is 2.93. The van der Waals surface area contributed by atoms with E-state index in [1.54, 1.807) is 0 Å². The number of hydrogen-bond donors (Lipinski definition) is 1. The van der Waals surface area contributed by atoms with Gasteiger partial charge in [0.25, 0.3) is 0 Å². The molecule has 18 heavy (non-hydrogen) atoms. The van der Waals surface area contributed by atoms with Crippen LogP contribution in [0.4, 0.5) is 14.5 Å². The number of hydrogen-bond acceptors (Lipinski definition) is 2. The summed E-state index contributed by atoms with van der Waals surface area (Å²) in [6, 6.07) is 4.80. The molecular formula is C14H20F2N2. The first kappa shape index (κ1) is 13.3. The van der Waals surface area contributed by atoms with Gasteiger partial charge in [-0.15, -0.1) is 0 Å². The maximum absolute atomic E-state index is 13.8. The third kappa shape index (κ3) is 2.99. The smallest absolute Gasteiger partial charge is 0.149 e. The fraction of sp³-hybridized carbons (Fsp3) is 0.571. The Balaban J connectivity index is 2.20. The normalized spacial score (nSPS) is 25.7. The minimum atomic E-state index is -0.469. The Morgan fingerprint density at radius 2 is 1.56 bits per heavy atom. The molecule has 1 N–H and O–H groups in total. The molecule has 4 heteroatoms. The second-order valence-electron chi connectivity index (χ2n) is 5.10. The maximum atomic E-state index is 13.8. The summed E-state index contributed by atoms with van der Waals surface area (Å²) in [6.45, 7) is 5.58. The van der Waals surface area contributed by atoms with Crippen molar-refractivity contribution < 1.29 is 8.78 Å². The van der Waals surface area contributed by atoms with Crippen molar-refractivity contribution in [1.82, 2.24) is 5.32 Å². The van der Waals surface area contributed by atoms with Crippen LogP contribution in [0.15, 0.2) is 18.2 Å². The summed E-state index contributed by atoms with van der Waals surface area (Å²) in [7, 11) is 0. The molecule has 0 aromatic heterocycles. The molecule has 100 valence electrons. The monoisotopic (exact) mass is 254 g/mol. The van der Waals surface area contributed by atoms with Crippen LogP contribution in [0, 0.1) is 11.6 Å². The Labute approximate surface area is 107 Å². The van der Waals surface area contributed by atoms with E-state index in [1.807, 2.05) is 4.90 Å². The Bertz CT molecular complexity index is 377. The highest BCUT2D eigenvalue weighted by Crippen LogP contribution is 2.24. The summed E-state index contributed by atoms with van der Waals surface area (Å²) in [4.78, 5) is 1.83. The lowest BCUT2D eigenvalue weighted by molar-refractivity contribution is 0.400. The van der Waals surface area contributed by atoms with Gasteiger partial charge >= 0.3 is 0 Å². The van der Waals surface area contributed by atoms with E-state index in [9.17, 15) is 8.78 Å². The molecule has 2 nitrogen and oxygen atoms in total. The van der Waals surface area contributed by atoms with Gasteiger partial charge in [-0.25, -0.2) is 8.78 Å². The first-order valence-corrected chi connectivity index (χ1v) is 6.53. The van der Waals surface area contributed by atoms with Gasteiger partial charge in [0.05, 0.1) is 0 Å². The molecule has 2 unspecified atom stereocenters. The van der Waals surface area contributed by atoms with Gasteiger partial charge in [0, 0.05) is 25.2 Å². The van der Waals surface area contributed by atoms with Crippen molar-refractivity contribution >= 4 is 5.69 Å². The van der Waals surface area contributed by atoms with Crippen LogP contribution in [0.1, 0.15) is 26.7 Å².